The first-order chi connectivity index (χ1) is 18.0. The predicted molar refractivity (Wildman–Crippen MR) is 151 cm³/mol. The summed E-state index contributed by atoms with van der Waals surface area (Å²) in [4.78, 5) is 30.3. The Morgan fingerprint density at radius 3 is 2.38 bits per heavy atom. The molecule has 1 heterocycles. The number of aryl methyl sites for hydroxylation is 1. The van der Waals surface area contributed by atoms with E-state index in [4.69, 9.17) is 0 Å². The Morgan fingerprint density at radius 1 is 0.919 bits per heavy atom. The zero-order valence-corrected chi connectivity index (χ0v) is 21.7. The van der Waals surface area contributed by atoms with Crippen molar-refractivity contribution in [2.75, 3.05) is 4.90 Å². The minimum absolute atomic E-state index is 0.0712. The summed E-state index contributed by atoms with van der Waals surface area (Å²) in [6.07, 6.45) is 1.93. The number of thioether (sulfide) groups is 1. The first-order valence-electron chi connectivity index (χ1n) is 12.3. The molecule has 1 atom stereocenters. The van der Waals surface area contributed by atoms with Crippen LogP contribution in [0.2, 0.25) is 0 Å². The first kappa shape index (κ1) is 24.6. The second-order valence-corrected chi connectivity index (χ2v) is 10.3. The molecule has 0 saturated carbocycles. The molecule has 4 aromatic rings. The molecule has 1 N–H and O–H groups in total. The molecular weight excluding hydrogens is 476 g/mol. The largest absolute Gasteiger partial charge is 0.346 e. The highest BCUT2D eigenvalue weighted by Crippen LogP contribution is 2.43. The third-order valence-electron chi connectivity index (χ3n) is 6.36. The van der Waals surface area contributed by atoms with E-state index < -0.39 is 0 Å². The maximum atomic E-state index is 13.8. The van der Waals surface area contributed by atoms with Gasteiger partial charge in [0.05, 0.1) is 23.2 Å². The summed E-state index contributed by atoms with van der Waals surface area (Å²) in [6, 6.07) is 33.4. The molecule has 0 radical (unpaired) electrons. The van der Waals surface area contributed by atoms with Crippen LogP contribution in [0.25, 0.3) is 6.08 Å². The molecule has 184 valence electrons. The molecule has 1 aliphatic heterocycles. The molecule has 0 bridgehead atoms. The van der Waals surface area contributed by atoms with Gasteiger partial charge in [-0.05, 0) is 54.8 Å². The van der Waals surface area contributed by atoms with Gasteiger partial charge in [-0.2, -0.15) is 0 Å². The highest BCUT2D eigenvalue weighted by atomic mass is 32.2. The smallest absolute Gasteiger partial charge is 0.265 e. The molecule has 0 fully saturated rings. The van der Waals surface area contributed by atoms with Gasteiger partial charge in [-0.15, -0.1) is 0 Å². The molecule has 4 aromatic carbocycles. The quantitative estimate of drug-likeness (QED) is 0.283. The van der Waals surface area contributed by atoms with Crippen molar-refractivity contribution in [2.24, 2.45) is 0 Å². The Labute approximate surface area is 222 Å². The van der Waals surface area contributed by atoms with Gasteiger partial charge in [-0.25, -0.2) is 0 Å². The lowest BCUT2D eigenvalue weighted by atomic mass is 10.1. The number of amides is 2. The van der Waals surface area contributed by atoms with E-state index in [0.29, 0.717) is 17.0 Å². The average molecular weight is 505 g/mol. The Kier molecular flexibility index (Phi) is 7.24. The van der Waals surface area contributed by atoms with Crippen molar-refractivity contribution in [1.82, 2.24) is 5.32 Å². The lowest BCUT2D eigenvalue weighted by Crippen LogP contribution is -2.34. The fourth-order valence-corrected chi connectivity index (χ4v) is 5.45. The van der Waals surface area contributed by atoms with E-state index in [9.17, 15) is 9.59 Å². The van der Waals surface area contributed by atoms with Gasteiger partial charge in [-0.3, -0.25) is 9.59 Å². The van der Waals surface area contributed by atoms with Crippen LogP contribution in [0.4, 0.5) is 5.69 Å². The molecule has 5 rings (SSSR count). The van der Waals surface area contributed by atoms with E-state index in [0.717, 1.165) is 32.8 Å². The number of rotatable bonds is 6. The minimum Gasteiger partial charge on any atom is -0.346 e. The normalized spacial score (nSPS) is 14.8. The van der Waals surface area contributed by atoms with Crippen LogP contribution in [0.3, 0.4) is 0 Å². The fraction of sp³-hybridized carbons (Fsp3) is 0.125. The standard InChI is InChI=1S/C32H28N2O2S/c1-22-10-9-13-25(18-22)21-34-28-20-27(31(35)33-23(2)26-14-7-4-8-15-26)16-17-29(28)37-30(32(34)36)19-24-11-5-3-6-12-24/h3-20,23H,21H2,1-2H3,(H,33,35)/b30-19-/t23-/m0/s1. The Morgan fingerprint density at radius 2 is 1.65 bits per heavy atom. The first-order valence-corrected chi connectivity index (χ1v) is 13.1. The van der Waals surface area contributed by atoms with E-state index in [1.807, 2.05) is 117 Å². The summed E-state index contributed by atoms with van der Waals surface area (Å²) in [5.74, 6) is -0.240. The minimum atomic E-state index is -0.169. The van der Waals surface area contributed by atoms with Crippen LogP contribution < -0.4 is 10.2 Å². The molecule has 37 heavy (non-hydrogen) atoms. The Balaban J connectivity index is 1.49. The summed E-state index contributed by atoms with van der Waals surface area (Å²) >= 11 is 1.45. The van der Waals surface area contributed by atoms with Gasteiger partial charge in [0.1, 0.15) is 0 Å². The zero-order valence-electron chi connectivity index (χ0n) is 20.8. The van der Waals surface area contributed by atoms with Crippen LogP contribution >= 0.6 is 11.8 Å². The van der Waals surface area contributed by atoms with Crippen molar-refractivity contribution in [3.8, 4) is 0 Å². The van der Waals surface area contributed by atoms with Crippen LogP contribution in [-0.4, -0.2) is 11.8 Å². The lowest BCUT2D eigenvalue weighted by molar-refractivity contribution is -0.114. The average Bonchev–Trinajstić information content (AvgIpc) is 2.92. The molecule has 0 aliphatic carbocycles. The molecule has 5 heteroatoms. The predicted octanol–water partition coefficient (Wildman–Crippen LogP) is 7.17. The number of benzene rings is 4. The molecule has 0 spiro atoms. The van der Waals surface area contributed by atoms with Gasteiger partial charge in [0, 0.05) is 10.5 Å². The molecule has 2 amide bonds. The summed E-state index contributed by atoms with van der Waals surface area (Å²) in [6.45, 7) is 4.43. The summed E-state index contributed by atoms with van der Waals surface area (Å²) in [7, 11) is 0. The fourth-order valence-electron chi connectivity index (χ4n) is 4.41. The molecule has 0 unspecified atom stereocenters. The number of nitrogens with one attached hydrogen (secondary N) is 1. The monoisotopic (exact) mass is 504 g/mol. The SMILES string of the molecule is Cc1cccc(CN2C(=O)/C(=C/c3ccccc3)Sc3ccc(C(=O)N[C@@H](C)c4ccccc4)cc32)c1. The number of carbonyl (C=O) groups excluding carboxylic acids is 2. The molecular formula is C32H28N2O2S. The van der Waals surface area contributed by atoms with Crippen LogP contribution in [-0.2, 0) is 11.3 Å². The van der Waals surface area contributed by atoms with Crippen molar-refractivity contribution in [3.05, 3.63) is 136 Å². The third kappa shape index (κ3) is 5.68. The van der Waals surface area contributed by atoms with E-state index in [1.54, 1.807) is 4.90 Å². The van der Waals surface area contributed by atoms with Gasteiger partial charge in [0.25, 0.3) is 11.8 Å². The van der Waals surface area contributed by atoms with E-state index in [1.165, 1.54) is 11.8 Å². The van der Waals surface area contributed by atoms with E-state index in [2.05, 4.69) is 11.4 Å². The molecule has 0 aromatic heterocycles. The third-order valence-corrected chi connectivity index (χ3v) is 7.43. The van der Waals surface area contributed by atoms with Crippen molar-refractivity contribution >= 4 is 35.3 Å². The molecule has 4 nitrogen and oxygen atoms in total. The van der Waals surface area contributed by atoms with E-state index in [-0.39, 0.29) is 17.9 Å². The second kappa shape index (κ2) is 10.9. The highest BCUT2D eigenvalue weighted by molar-refractivity contribution is 8.04. The van der Waals surface area contributed by atoms with Crippen molar-refractivity contribution in [3.63, 3.8) is 0 Å². The van der Waals surface area contributed by atoms with Crippen LogP contribution in [0.5, 0.6) is 0 Å². The number of carbonyl (C=O) groups is 2. The highest BCUT2D eigenvalue weighted by Gasteiger charge is 2.30. The number of hydrogen-bond acceptors (Lipinski definition) is 3. The number of anilines is 1. The maximum Gasteiger partial charge on any atom is 0.265 e. The van der Waals surface area contributed by atoms with Gasteiger partial charge >= 0.3 is 0 Å². The van der Waals surface area contributed by atoms with Crippen molar-refractivity contribution < 1.29 is 9.59 Å². The zero-order chi connectivity index (χ0) is 25.8. The topological polar surface area (TPSA) is 49.4 Å². The molecule has 0 saturated heterocycles. The molecule has 1 aliphatic rings. The maximum absolute atomic E-state index is 13.8. The van der Waals surface area contributed by atoms with Crippen LogP contribution in [0.15, 0.2) is 113 Å². The summed E-state index contributed by atoms with van der Waals surface area (Å²) in [5.41, 5.74) is 5.47. The Bertz CT molecular complexity index is 1460. The number of nitrogens with zero attached hydrogens (tertiary/aromatic N) is 1. The van der Waals surface area contributed by atoms with Crippen LogP contribution in [0, 0.1) is 6.92 Å². The summed E-state index contributed by atoms with van der Waals surface area (Å²) in [5, 5.41) is 3.08. The van der Waals surface area contributed by atoms with Gasteiger partial charge in [0.2, 0.25) is 0 Å². The second-order valence-electron chi connectivity index (χ2n) is 9.19. The van der Waals surface area contributed by atoms with Crippen molar-refractivity contribution in [2.45, 2.75) is 31.3 Å². The van der Waals surface area contributed by atoms with E-state index >= 15 is 0 Å². The number of fused-ring (bicyclic) bond motifs is 1. The van der Waals surface area contributed by atoms with Gasteiger partial charge in [-0.1, -0.05) is 102 Å². The van der Waals surface area contributed by atoms with Gasteiger partial charge in [0.15, 0.2) is 0 Å². The van der Waals surface area contributed by atoms with Gasteiger partial charge < -0.3 is 10.2 Å². The summed E-state index contributed by atoms with van der Waals surface area (Å²) < 4.78 is 0. The van der Waals surface area contributed by atoms with Crippen molar-refractivity contribution in [1.29, 1.82) is 0 Å². The lowest BCUT2D eigenvalue weighted by Gasteiger charge is -2.31. The van der Waals surface area contributed by atoms with Crippen LogP contribution in [0.1, 0.15) is 45.6 Å². The number of hydrogen-bond donors (Lipinski definition) is 1. The Hall–Kier alpha value is -4.09.